The molecule has 0 bridgehead atoms. The number of nitrogens with zero attached hydrogens (tertiary/aromatic N) is 3. The first kappa shape index (κ1) is 14.4. The van der Waals surface area contributed by atoms with E-state index >= 15 is 0 Å². The van der Waals surface area contributed by atoms with Gasteiger partial charge in [-0.25, -0.2) is 0 Å². The highest BCUT2D eigenvalue weighted by atomic mass is 16.5. The lowest BCUT2D eigenvalue weighted by atomic mass is 10.2. The fourth-order valence-corrected chi connectivity index (χ4v) is 1.17. The largest absolute Gasteiger partial charge is 0.505 e. The van der Waals surface area contributed by atoms with Crippen molar-refractivity contribution in [1.82, 2.24) is 4.90 Å². The van der Waals surface area contributed by atoms with E-state index in [1.165, 1.54) is 0 Å². The van der Waals surface area contributed by atoms with Gasteiger partial charge in [-0.05, 0) is 26.9 Å². The number of ether oxygens (including phenoxy) is 1. The normalized spacial score (nSPS) is 11.2. The number of carbonyl (C=O) groups is 1. The standard InChI is InChI=1S/C10H17N3O3/c1-3-16-10(15)8-13(2)6-4-5-9(14)7-12-11/h7H,3-6,8H2,1-2H3/p+1/b9-7-. The summed E-state index contributed by atoms with van der Waals surface area (Å²) in [5.41, 5.74) is 0. The van der Waals surface area contributed by atoms with Crippen molar-refractivity contribution in [2.75, 3.05) is 26.7 Å². The molecular weight excluding hydrogens is 210 g/mol. The molecule has 0 atom stereocenters. The Morgan fingerprint density at radius 3 is 2.88 bits per heavy atom. The lowest BCUT2D eigenvalue weighted by Crippen LogP contribution is -2.28. The maximum atomic E-state index is 11.1. The minimum atomic E-state index is -0.255. The summed E-state index contributed by atoms with van der Waals surface area (Å²) >= 11 is 0. The third-order valence-corrected chi connectivity index (χ3v) is 1.88. The molecule has 6 nitrogen and oxygen atoms in total. The lowest BCUT2D eigenvalue weighted by molar-refractivity contribution is -0.144. The first-order valence-electron chi connectivity index (χ1n) is 5.16. The molecule has 0 saturated heterocycles. The number of allylic oxidation sites excluding steroid dienone is 1. The van der Waals surface area contributed by atoms with Gasteiger partial charge in [0.25, 0.3) is 0 Å². The third-order valence-electron chi connectivity index (χ3n) is 1.88. The van der Waals surface area contributed by atoms with E-state index in [2.05, 4.69) is 4.98 Å². The molecule has 0 fully saturated rings. The molecule has 0 aliphatic rings. The van der Waals surface area contributed by atoms with Crippen LogP contribution < -0.4 is 0 Å². The van der Waals surface area contributed by atoms with E-state index in [1.807, 2.05) is 0 Å². The lowest BCUT2D eigenvalue weighted by Gasteiger charge is -2.14. The van der Waals surface area contributed by atoms with E-state index in [1.54, 1.807) is 18.9 Å². The second-order valence-electron chi connectivity index (χ2n) is 3.38. The van der Waals surface area contributed by atoms with Gasteiger partial charge in [0.05, 0.1) is 13.2 Å². The molecule has 90 valence electrons. The summed E-state index contributed by atoms with van der Waals surface area (Å²) < 4.78 is 4.79. The summed E-state index contributed by atoms with van der Waals surface area (Å²) in [7, 11) is 1.80. The third kappa shape index (κ3) is 7.76. The SMILES string of the molecule is CCOC(=O)CN(C)CCC/C(O)=C/[N+]#N. The number of aliphatic hydroxyl groups excluding tert-OH is 1. The minimum Gasteiger partial charge on any atom is -0.505 e. The number of hydrogen-bond acceptors (Lipinski definition) is 5. The Balaban J connectivity index is 3.66. The Morgan fingerprint density at radius 2 is 2.31 bits per heavy atom. The average molecular weight is 228 g/mol. The van der Waals surface area contributed by atoms with Crippen molar-refractivity contribution < 1.29 is 14.6 Å². The summed E-state index contributed by atoms with van der Waals surface area (Å²) in [4.78, 5) is 15.6. The molecule has 0 saturated carbocycles. The van der Waals surface area contributed by atoms with Crippen LogP contribution in [0.25, 0.3) is 4.98 Å². The van der Waals surface area contributed by atoms with Crippen LogP contribution in [0.5, 0.6) is 0 Å². The van der Waals surface area contributed by atoms with Crippen molar-refractivity contribution in [2.45, 2.75) is 19.8 Å². The van der Waals surface area contributed by atoms with E-state index in [0.717, 1.165) is 6.20 Å². The summed E-state index contributed by atoms with van der Waals surface area (Å²) in [5.74, 6) is -0.234. The smallest absolute Gasteiger partial charge is 0.387 e. The van der Waals surface area contributed by atoms with Crippen molar-refractivity contribution >= 4 is 5.97 Å². The second kappa shape index (κ2) is 8.68. The van der Waals surface area contributed by atoms with E-state index in [9.17, 15) is 4.79 Å². The molecule has 0 aliphatic heterocycles. The topological polar surface area (TPSA) is 77.9 Å². The first-order valence-corrected chi connectivity index (χ1v) is 5.16. The van der Waals surface area contributed by atoms with Crippen LogP contribution in [-0.4, -0.2) is 42.7 Å². The van der Waals surface area contributed by atoms with Gasteiger partial charge in [0.2, 0.25) is 5.39 Å². The highest BCUT2D eigenvalue weighted by Crippen LogP contribution is 2.02. The molecule has 0 rings (SSSR count). The van der Waals surface area contributed by atoms with E-state index < -0.39 is 0 Å². The number of aliphatic hydroxyl groups is 1. The molecule has 16 heavy (non-hydrogen) atoms. The van der Waals surface area contributed by atoms with Crippen molar-refractivity contribution in [3.63, 3.8) is 0 Å². The fourth-order valence-electron chi connectivity index (χ4n) is 1.17. The van der Waals surface area contributed by atoms with Gasteiger partial charge in [0.15, 0.2) is 10.7 Å². The molecule has 0 aromatic carbocycles. The molecule has 0 unspecified atom stereocenters. The van der Waals surface area contributed by atoms with Crippen molar-refractivity contribution in [3.05, 3.63) is 16.9 Å². The predicted molar refractivity (Wildman–Crippen MR) is 59.2 cm³/mol. The summed E-state index contributed by atoms with van der Waals surface area (Å²) in [6.45, 7) is 3.04. The molecule has 0 spiro atoms. The van der Waals surface area contributed by atoms with Crippen molar-refractivity contribution in [3.8, 4) is 0 Å². The summed E-state index contributed by atoms with van der Waals surface area (Å²) in [5, 5.41) is 17.3. The molecule has 0 aromatic rings. The molecule has 0 aliphatic carbocycles. The van der Waals surface area contributed by atoms with Crippen LogP contribution in [0, 0.1) is 5.39 Å². The molecule has 0 amide bonds. The molecular formula is C10H18N3O3+. The molecule has 1 N–H and O–H groups in total. The Bertz CT molecular complexity index is 284. The first-order chi connectivity index (χ1) is 7.60. The number of rotatable bonds is 7. The average Bonchev–Trinajstić information content (AvgIpc) is 2.18. The second-order valence-corrected chi connectivity index (χ2v) is 3.38. The summed E-state index contributed by atoms with van der Waals surface area (Å²) in [6, 6.07) is 0. The van der Waals surface area contributed by atoms with Gasteiger partial charge in [0, 0.05) is 6.42 Å². The number of esters is 1. The minimum absolute atomic E-state index is 0.0204. The zero-order valence-electron chi connectivity index (χ0n) is 9.72. The van der Waals surface area contributed by atoms with Crippen LogP contribution in [0.3, 0.4) is 0 Å². The van der Waals surface area contributed by atoms with E-state index in [4.69, 9.17) is 15.2 Å². The van der Waals surface area contributed by atoms with Crippen LogP contribution in [0.4, 0.5) is 0 Å². The summed E-state index contributed by atoms with van der Waals surface area (Å²) in [6.07, 6.45) is 2.08. The van der Waals surface area contributed by atoms with Gasteiger partial charge in [-0.15, -0.1) is 0 Å². The Morgan fingerprint density at radius 1 is 1.62 bits per heavy atom. The molecule has 0 radical (unpaired) electrons. The van der Waals surface area contributed by atoms with Crippen LogP contribution in [0.2, 0.25) is 0 Å². The monoisotopic (exact) mass is 228 g/mol. The Labute approximate surface area is 95.1 Å². The highest BCUT2D eigenvalue weighted by Gasteiger charge is 2.07. The Hall–Kier alpha value is -1.61. The van der Waals surface area contributed by atoms with Crippen LogP contribution >= 0.6 is 0 Å². The van der Waals surface area contributed by atoms with Crippen LogP contribution in [-0.2, 0) is 9.53 Å². The van der Waals surface area contributed by atoms with Gasteiger partial charge >= 0.3 is 12.2 Å². The molecule has 6 heteroatoms. The van der Waals surface area contributed by atoms with Gasteiger partial charge in [-0.3, -0.25) is 9.69 Å². The maximum Gasteiger partial charge on any atom is 0.387 e. The number of diazo groups is 1. The van der Waals surface area contributed by atoms with Crippen LogP contribution in [0.1, 0.15) is 19.8 Å². The van der Waals surface area contributed by atoms with Gasteiger partial charge in [0.1, 0.15) is 0 Å². The fraction of sp³-hybridized carbons (Fsp3) is 0.700. The van der Waals surface area contributed by atoms with E-state index in [0.29, 0.717) is 26.0 Å². The molecule has 0 aromatic heterocycles. The van der Waals surface area contributed by atoms with E-state index in [-0.39, 0.29) is 18.3 Å². The number of likely N-dealkylation sites (N-methyl/N-ethyl adjacent to an activating group) is 1. The van der Waals surface area contributed by atoms with Gasteiger partial charge in [-0.1, -0.05) is 0 Å². The number of hydrogen-bond donors (Lipinski definition) is 1. The Kier molecular flexibility index (Phi) is 7.81. The van der Waals surface area contributed by atoms with Crippen LogP contribution in [0.15, 0.2) is 12.0 Å². The van der Waals surface area contributed by atoms with Gasteiger partial charge in [-0.2, -0.15) is 0 Å². The predicted octanol–water partition coefficient (Wildman–Crippen LogP) is 1.51. The van der Waals surface area contributed by atoms with Crippen molar-refractivity contribution in [2.24, 2.45) is 0 Å². The maximum absolute atomic E-state index is 11.1. The molecule has 0 heterocycles. The zero-order chi connectivity index (χ0) is 12.4. The number of carbonyl (C=O) groups excluding carboxylic acids is 1. The quantitative estimate of drug-likeness (QED) is 0.406. The highest BCUT2D eigenvalue weighted by molar-refractivity contribution is 5.71. The van der Waals surface area contributed by atoms with Crippen molar-refractivity contribution in [1.29, 1.82) is 5.39 Å². The zero-order valence-corrected chi connectivity index (χ0v) is 9.72. The van der Waals surface area contributed by atoms with Gasteiger partial charge < -0.3 is 9.84 Å².